The minimum Gasteiger partial charge on any atom is -0.360 e. The SMILES string of the molecule is Cc1ccc(C)c(-n2c(SCC(=O)Nc3cc(C)on3)nc3ccccc3c2=O)c1. The number of nitrogens with one attached hydrogen (secondary N) is 1. The van der Waals surface area contributed by atoms with Crippen LogP contribution in [0.4, 0.5) is 5.82 Å². The number of hydrogen-bond acceptors (Lipinski definition) is 6. The predicted molar refractivity (Wildman–Crippen MR) is 117 cm³/mol. The minimum absolute atomic E-state index is 0.0710. The summed E-state index contributed by atoms with van der Waals surface area (Å²) in [5.74, 6) is 0.777. The normalized spacial score (nSPS) is 11.0. The molecule has 4 rings (SSSR count). The van der Waals surface area contributed by atoms with E-state index >= 15 is 0 Å². The van der Waals surface area contributed by atoms with Crippen LogP contribution in [0, 0.1) is 20.8 Å². The molecule has 7 nitrogen and oxygen atoms in total. The Bertz CT molecular complexity index is 1310. The van der Waals surface area contributed by atoms with E-state index in [9.17, 15) is 9.59 Å². The molecular weight excluding hydrogens is 400 g/mol. The van der Waals surface area contributed by atoms with Gasteiger partial charge in [0.1, 0.15) is 5.76 Å². The van der Waals surface area contributed by atoms with Crippen LogP contribution in [-0.2, 0) is 4.79 Å². The molecule has 0 fully saturated rings. The summed E-state index contributed by atoms with van der Waals surface area (Å²) < 4.78 is 6.55. The molecule has 2 aromatic carbocycles. The Balaban J connectivity index is 1.73. The van der Waals surface area contributed by atoms with Gasteiger partial charge in [-0.2, -0.15) is 0 Å². The van der Waals surface area contributed by atoms with Crippen LogP contribution in [0.15, 0.2) is 63.0 Å². The third kappa shape index (κ3) is 3.99. The van der Waals surface area contributed by atoms with Crippen LogP contribution in [0.3, 0.4) is 0 Å². The van der Waals surface area contributed by atoms with Gasteiger partial charge in [0, 0.05) is 6.07 Å². The summed E-state index contributed by atoms with van der Waals surface area (Å²) in [6, 6.07) is 14.8. The van der Waals surface area contributed by atoms with E-state index in [0.29, 0.717) is 27.6 Å². The number of nitrogens with zero attached hydrogens (tertiary/aromatic N) is 3. The number of carbonyl (C=O) groups excluding carboxylic acids is 1. The number of para-hydroxylation sites is 1. The molecule has 0 unspecified atom stereocenters. The predicted octanol–water partition coefficient (Wildman–Crippen LogP) is 4.03. The molecule has 0 saturated carbocycles. The average Bonchev–Trinajstić information content (AvgIpc) is 3.13. The molecule has 4 aromatic rings. The van der Waals surface area contributed by atoms with E-state index < -0.39 is 0 Å². The van der Waals surface area contributed by atoms with Crippen LogP contribution >= 0.6 is 11.8 Å². The number of thioether (sulfide) groups is 1. The summed E-state index contributed by atoms with van der Waals surface area (Å²) in [7, 11) is 0. The van der Waals surface area contributed by atoms with Crippen molar-refractivity contribution in [3.63, 3.8) is 0 Å². The van der Waals surface area contributed by atoms with Crippen LogP contribution in [0.5, 0.6) is 0 Å². The molecule has 152 valence electrons. The number of hydrogen-bond donors (Lipinski definition) is 1. The molecule has 0 bridgehead atoms. The molecule has 0 saturated heterocycles. The zero-order valence-corrected chi connectivity index (χ0v) is 17.6. The van der Waals surface area contributed by atoms with Crippen LogP contribution in [0.1, 0.15) is 16.9 Å². The van der Waals surface area contributed by atoms with E-state index in [-0.39, 0.29) is 17.2 Å². The quantitative estimate of drug-likeness (QED) is 0.387. The van der Waals surface area contributed by atoms with Gasteiger partial charge in [-0.05, 0) is 50.1 Å². The van der Waals surface area contributed by atoms with Gasteiger partial charge in [0.2, 0.25) is 5.91 Å². The van der Waals surface area contributed by atoms with Gasteiger partial charge >= 0.3 is 0 Å². The molecule has 1 N–H and O–H groups in total. The number of fused-ring (bicyclic) bond motifs is 1. The van der Waals surface area contributed by atoms with Gasteiger partial charge in [0.05, 0.1) is 22.3 Å². The second-order valence-electron chi connectivity index (χ2n) is 7.00. The van der Waals surface area contributed by atoms with Gasteiger partial charge < -0.3 is 9.84 Å². The van der Waals surface area contributed by atoms with E-state index in [0.717, 1.165) is 16.8 Å². The summed E-state index contributed by atoms with van der Waals surface area (Å²) in [4.78, 5) is 30.4. The fraction of sp³-hybridized carbons (Fsp3) is 0.182. The highest BCUT2D eigenvalue weighted by atomic mass is 32.2. The van der Waals surface area contributed by atoms with Gasteiger partial charge in [-0.25, -0.2) is 4.98 Å². The third-order valence-corrected chi connectivity index (χ3v) is 5.52. The first kappa shape index (κ1) is 19.9. The van der Waals surface area contributed by atoms with Crippen molar-refractivity contribution in [2.75, 3.05) is 11.1 Å². The smallest absolute Gasteiger partial charge is 0.266 e. The van der Waals surface area contributed by atoms with Crippen molar-refractivity contribution >= 4 is 34.4 Å². The Morgan fingerprint density at radius 1 is 1.13 bits per heavy atom. The van der Waals surface area contributed by atoms with Crippen molar-refractivity contribution in [3.05, 3.63) is 75.8 Å². The topological polar surface area (TPSA) is 90.0 Å². The molecule has 0 aliphatic heterocycles. The molecule has 2 aromatic heterocycles. The number of aromatic nitrogens is 3. The van der Waals surface area contributed by atoms with Crippen LogP contribution in [-0.4, -0.2) is 26.4 Å². The monoisotopic (exact) mass is 420 g/mol. The molecular formula is C22H20N4O3S. The first-order valence-electron chi connectivity index (χ1n) is 9.38. The fourth-order valence-electron chi connectivity index (χ4n) is 3.12. The van der Waals surface area contributed by atoms with E-state index in [1.54, 1.807) is 29.7 Å². The molecule has 0 aliphatic rings. The highest BCUT2D eigenvalue weighted by Gasteiger charge is 2.16. The van der Waals surface area contributed by atoms with Crippen LogP contribution in [0.2, 0.25) is 0 Å². The van der Waals surface area contributed by atoms with Gasteiger partial charge in [0.25, 0.3) is 5.56 Å². The lowest BCUT2D eigenvalue weighted by Crippen LogP contribution is -2.23. The number of aryl methyl sites for hydroxylation is 3. The third-order valence-electron chi connectivity index (χ3n) is 4.58. The van der Waals surface area contributed by atoms with Gasteiger partial charge in [-0.3, -0.25) is 14.2 Å². The summed E-state index contributed by atoms with van der Waals surface area (Å²) in [6.45, 7) is 5.67. The summed E-state index contributed by atoms with van der Waals surface area (Å²) in [5, 5.41) is 7.44. The van der Waals surface area contributed by atoms with E-state index in [1.807, 2.05) is 44.2 Å². The molecule has 0 spiro atoms. The zero-order chi connectivity index (χ0) is 21.3. The maximum absolute atomic E-state index is 13.3. The molecule has 2 heterocycles. The highest BCUT2D eigenvalue weighted by Crippen LogP contribution is 2.24. The highest BCUT2D eigenvalue weighted by molar-refractivity contribution is 7.99. The minimum atomic E-state index is -0.261. The molecule has 8 heteroatoms. The molecule has 30 heavy (non-hydrogen) atoms. The standard InChI is InChI=1S/C22H20N4O3S/c1-13-8-9-14(2)18(10-13)26-21(28)16-6-4-5-7-17(16)23-22(26)30-12-20(27)24-19-11-15(3)29-25-19/h4-11H,12H2,1-3H3,(H,24,25,27). The number of benzene rings is 2. The number of rotatable bonds is 5. The summed E-state index contributed by atoms with van der Waals surface area (Å²) in [5.41, 5.74) is 3.17. The molecule has 0 aliphatic carbocycles. The van der Waals surface area contributed by atoms with Crippen molar-refractivity contribution in [1.82, 2.24) is 14.7 Å². The summed E-state index contributed by atoms with van der Waals surface area (Å²) >= 11 is 1.20. The summed E-state index contributed by atoms with van der Waals surface area (Å²) in [6.07, 6.45) is 0. The van der Waals surface area contributed by atoms with E-state index in [1.165, 1.54) is 11.8 Å². The maximum atomic E-state index is 13.3. The Labute approximate surface area is 177 Å². The number of anilines is 1. The number of carbonyl (C=O) groups is 1. The van der Waals surface area contributed by atoms with Crippen molar-refractivity contribution < 1.29 is 9.32 Å². The van der Waals surface area contributed by atoms with Gasteiger partial charge in [-0.1, -0.05) is 41.2 Å². The van der Waals surface area contributed by atoms with Crippen LogP contribution in [0.25, 0.3) is 16.6 Å². The van der Waals surface area contributed by atoms with Gasteiger partial charge in [0.15, 0.2) is 11.0 Å². The van der Waals surface area contributed by atoms with Crippen molar-refractivity contribution in [2.45, 2.75) is 25.9 Å². The lowest BCUT2D eigenvalue weighted by Gasteiger charge is -2.15. The molecule has 0 atom stereocenters. The van der Waals surface area contributed by atoms with Crippen molar-refractivity contribution in [3.8, 4) is 5.69 Å². The van der Waals surface area contributed by atoms with E-state index in [4.69, 9.17) is 4.52 Å². The fourth-order valence-corrected chi connectivity index (χ4v) is 3.92. The average molecular weight is 420 g/mol. The number of amides is 1. The van der Waals surface area contributed by atoms with Gasteiger partial charge in [-0.15, -0.1) is 0 Å². The largest absolute Gasteiger partial charge is 0.360 e. The van der Waals surface area contributed by atoms with E-state index in [2.05, 4.69) is 15.5 Å². The Hall–Kier alpha value is -3.39. The lowest BCUT2D eigenvalue weighted by molar-refractivity contribution is -0.113. The Morgan fingerprint density at radius 2 is 1.93 bits per heavy atom. The molecule has 0 radical (unpaired) electrons. The molecule has 1 amide bonds. The lowest BCUT2D eigenvalue weighted by atomic mass is 10.1. The second kappa shape index (κ2) is 8.16. The van der Waals surface area contributed by atoms with Crippen molar-refractivity contribution in [2.24, 2.45) is 0 Å². The first-order valence-corrected chi connectivity index (χ1v) is 10.4. The Morgan fingerprint density at radius 3 is 2.70 bits per heavy atom. The second-order valence-corrected chi connectivity index (χ2v) is 7.94. The maximum Gasteiger partial charge on any atom is 0.266 e. The zero-order valence-electron chi connectivity index (χ0n) is 16.8. The van der Waals surface area contributed by atoms with Crippen LogP contribution < -0.4 is 10.9 Å². The van der Waals surface area contributed by atoms with Crippen molar-refractivity contribution in [1.29, 1.82) is 0 Å². The Kier molecular flexibility index (Phi) is 5.41. The first-order chi connectivity index (χ1) is 14.4.